The van der Waals surface area contributed by atoms with E-state index in [1.54, 1.807) is 16.9 Å². The van der Waals surface area contributed by atoms with Crippen LogP contribution in [0.1, 0.15) is 48.9 Å². The Balaban J connectivity index is 1.69. The molecule has 2 aromatic heterocycles. The molecule has 0 atom stereocenters. The Hall–Kier alpha value is -4.00. The molecule has 0 spiro atoms. The van der Waals surface area contributed by atoms with Crippen molar-refractivity contribution in [1.29, 1.82) is 0 Å². The predicted octanol–water partition coefficient (Wildman–Crippen LogP) is 4.99. The maximum absolute atomic E-state index is 13.1. The molecule has 1 amide bonds. The number of aliphatic carboxylic acids is 1. The van der Waals surface area contributed by atoms with Gasteiger partial charge in [-0.15, -0.1) is 0 Å². The molecule has 0 bridgehead atoms. The molecule has 2 aromatic carbocycles. The highest BCUT2D eigenvalue weighted by Gasteiger charge is 2.22. The number of carbonyl (C=O) groups is 2. The molecule has 0 saturated heterocycles. The van der Waals surface area contributed by atoms with Gasteiger partial charge in [0.2, 0.25) is 0 Å². The third kappa shape index (κ3) is 5.09. The number of hydrogen-bond donors (Lipinski definition) is 2. The van der Waals surface area contributed by atoms with Crippen LogP contribution in [0.3, 0.4) is 0 Å². The number of carboxylic acids is 1. The molecule has 7 nitrogen and oxygen atoms in total. The van der Waals surface area contributed by atoms with Crippen molar-refractivity contribution in [3.05, 3.63) is 83.8 Å². The number of aromatic nitrogens is 3. The molecule has 0 aliphatic carbocycles. The number of benzene rings is 2. The molecule has 2 heterocycles. The van der Waals surface area contributed by atoms with Crippen molar-refractivity contribution >= 4 is 28.5 Å². The Labute approximate surface area is 192 Å². The van der Waals surface area contributed by atoms with Crippen LogP contribution in [0.2, 0.25) is 0 Å². The molecule has 0 unspecified atom stereocenters. The first kappa shape index (κ1) is 22.2. The summed E-state index contributed by atoms with van der Waals surface area (Å²) in [4.78, 5) is 28.3. The van der Waals surface area contributed by atoms with Crippen LogP contribution >= 0.6 is 0 Å². The van der Waals surface area contributed by atoms with Crippen LogP contribution in [0.5, 0.6) is 0 Å². The topological polar surface area (TPSA) is 97.1 Å². The number of aryl methyl sites for hydroxylation is 1. The zero-order valence-electron chi connectivity index (χ0n) is 18.9. The van der Waals surface area contributed by atoms with Gasteiger partial charge in [-0.25, -0.2) is 4.68 Å². The van der Waals surface area contributed by atoms with Gasteiger partial charge in [0.25, 0.3) is 5.91 Å². The fourth-order valence-corrected chi connectivity index (χ4v) is 3.52. The molecule has 0 fully saturated rings. The molecule has 0 aliphatic heterocycles. The van der Waals surface area contributed by atoms with Gasteiger partial charge < -0.3 is 10.4 Å². The van der Waals surface area contributed by atoms with E-state index in [9.17, 15) is 9.59 Å². The number of pyridine rings is 1. The average Bonchev–Trinajstić information content (AvgIpc) is 3.22. The highest BCUT2D eigenvalue weighted by atomic mass is 16.4. The van der Waals surface area contributed by atoms with Gasteiger partial charge >= 0.3 is 5.97 Å². The number of nitrogens with zero attached hydrogens (tertiary/aromatic N) is 3. The normalized spacial score (nSPS) is 11.5. The van der Waals surface area contributed by atoms with E-state index in [1.807, 2.05) is 54.6 Å². The fourth-order valence-electron chi connectivity index (χ4n) is 3.52. The summed E-state index contributed by atoms with van der Waals surface area (Å²) in [5.74, 6) is -0.648. The van der Waals surface area contributed by atoms with Crippen LogP contribution in [0.15, 0.2) is 66.9 Å². The summed E-state index contributed by atoms with van der Waals surface area (Å²) in [5.41, 5.74) is 2.54. The van der Waals surface area contributed by atoms with Gasteiger partial charge in [0.15, 0.2) is 0 Å². The van der Waals surface area contributed by atoms with E-state index >= 15 is 0 Å². The Morgan fingerprint density at radius 3 is 2.48 bits per heavy atom. The molecule has 0 saturated carbocycles. The lowest BCUT2D eigenvalue weighted by molar-refractivity contribution is -0.136. The zero-order valence-corrected chi connectivity index (χ0v) is 18.9. The minimum Gasteiger partial charge on any atom is -0.481 e. The van der Waals surface area contributed by atoms with Crippen molar-refractivity contribution < 1.29 is 14.7 Å². The summed E-state index contributed by atoms with van der Waals surface area (Å²) >= 11 is 0. The van der Waals surface area contributed by atoms with Gasteiger partial charge in [-0.3, -0.25) is 14.6 Å². The summed E-state index contributed by atoms with van der Waals surface area (Å²) in [5, 5.41) is 18.6. The first-order chi connectivity index (χ1) is 15.7. The lowest BCUT2D eigenvalue weighted by atomic mass is 9.92. The minimum atomic E-state index is -0.842. The number of nitrogens with one attached hydrogen (secondary N) is 1. The monoisotopic (exact) mass is 442 g/mol. The second kappa shape index (κ2) is 8.86. The van der Waals surface area contributed by atoms with Crippen molar-refractivity contribution in [3.8, 4) is 5.69 Å². The summed E-state index contributed by atoms with van der Waals surface area (Å²) < 4.78 is 1.68. The van der Waals surface area contributed by atoms with Crippen molar-refractivity contribution in [3.63, 3.8) is 0 Å². The maximum atomic E-state index is 13.1. The smallest absolute Gasteiger partial charge is 0.303 e. The van der Waals surface area contributed by atoms with Crippen molar-refractivity contribution in [1.82, 2.24) is 14.8 Å². The summed E-state index contributed by atoms with van der Waals surface area (Å²) in [6.45, 7) is 6.17. The van der Waals surface area contributed by atoms with Crippen LogP contribution in [0.4, 0.5) is 5.82 Å². The van der Waals surface area contributed by atoms with Gasteiger partial charge in [-0.1, -0.05) is 57.2 Å². The van der Waals surface area contributed by atoms with Gasteiger partial charge in [-0.05, 0) is 35.6 Å². The van der Waals surface area contributed by atoms with E-state index in [0.29, 0.717) is 17.9 Å². The van der Waals surface area contributed by atoms with Crippen LogP contribution in [-0.4, -0.2) is 31.7 Å². The van der Waals surface area contributed by atoms with E-state index in [0.717, 1.165) is 27.7 Å². The largest absolute Gasteiger partial charge is 0.481 e. The number of amides is 1. The quantitative estimate of drug-likeness (QED) is 0.439. The van der Waals surface area contributed by atoms with Gasteiger partial charge in [-0.2, -0.15) is 5.10 Å². The van der Waals surface area contributed by atoms with Crippen molar-refractivity contribution in [2.45, 2.75) is 39.0 Å². The predicted molar refractivity (Wildman–Crippen MR) is 128 cm³/mol. The SMILES string of the molecule is CC(C)(C)c1cc(NC(=O)c2cc3ccccc3cn2)n(-c2cccc(CCC(=O)O)c2)n1. The second-order valence-corrected chi connectivity index (χ2v) is 9.01. The lowest BCUT2D eigenvalue weighted by Gasteiger charge is -2.14. The number of hydrogen-bond acceptors (Lipinski definition) is 4. The lowest BCUT2D eigenvalue weighted by Crippen LogP contribution is -2.16. The Kier molecular flexibility index (Phi) is 5.96. The number of anilines is 1. The standard InChI is InChI=1S/C26H26N4O3/c1-26(2,3)22-15-23(28-25(33)21-14-18-8-4-5-9-19(18)16-27-21)30(29-22)20-10-6-7-17(13-20)11-12-24(31)32/h4-10,13-16H,11-12H2,1-3H3,(H,28,33)(H,31,32). The Bertz CT molecular complexity index is 1330. The van der Waals surface area contributed by atoms with Crippen LogP contribution in [-0.2, 0) is 16.6 Å². The zero-order chi connectivity index (χ0) is 23.6. The maximum Gasteiger partial charge on any atom is 0.303 e. The first-order valence-corrected chi connectivity index (χ1v) is 10.8. The highest BCUT2D eigenvalue weighted by Crippen LogP contribution is 2.27. The van der Waals surface area contributed by atoms with Gasteiger partial charge in [0.1, 0.15) is 11.5 Å². The average molecular weight is 443 g/mol. The second-order valence-electron chi connectivity index (χ2n) is 9.01. The molecule has 4 aromatic rings. The first-order valence-electron chi connectivity index (χ1n) is 10.8. The molecule has 0 aliphatic rings. The fraction of sp³-hybridized carbons (Fsp3) is 0.231. The summed E-state index contributed by atoms with van der Waals surface area (Å²) in [6, 6.07) is 18.9. The van der Waals surface area contributed by atoms with Crippen molar-refractivity contribution in [2.75, 3.05) is 5.32 Å². The number of rotatable bonds is 6. The van der Waals surface area contributed by atoms with Crippen molar-refractivity contribution in [2.24, 2.45) is 0 Å². The molecule has 4 rings (SSSR count). The van der Waals surface area contributed by atoms with Gasteiger partial charge in [0.05, 0.1) is 11.4 Å². The minimum absolute atomic E-state index is 0.0486. The van der Waals surface area contributed by atoms with Crippen LogP contribution in [0.25, 0.3) is 16.5 Å². The molecular formula is C26H26N4O3. The van der Waals surface area contributed by atoms with Gasteiger partial charge in [0, 0.05) is 29.5 Å². The molecule has 168 valence electrons. The summed E-state index contributed by atoms with van der Waals surface area (Å²) in [7, 11) is 0. The van der Waals surface area contributed by atoms with E-state index in [4.69, 9.17) is 10.2 Å². The molecule has 33 heavy (non-hydrogen) atoms. The Morgan fingerprint density at radius 1 is 1.00 bits per heavy atom. The number of carboxylic acid groups (broad SMARTS) is 1. The van der Waals surface area contributed by atoms with E-state index in [1.165, 1.54) is 0 Å². The van der Waals surface area contributed by atoms with Crippen LogP contribution < -0.4 is 5.32 Å². The van der Waals surface area contributed by atoms with E-state index in [-0.39, 0.29) is 17.7 Å². The number of fused-ring (bicyclic) bond motifs is 1. The third-order valence-corrected chi connectivity index (χ3v) is 5.37. The number of carbonyl (C=O) groups excluding carboxylic acids is 1. The summed E-state index contributed by atoms with van der Waals surface area (Å²) in [6.07, 6.45) is 2.15. The van der Waals surface area contributed by atoms with Crippen LogP contribution in [0, 0.1) is 0 Å². The Morgan fingerprint density at radius 2 is 1.76 bits per heavy atom. The highest BCUT2D eigenvalue weighted by molar-refractivity contribution is 6.04. The van der Waals surface area contributed by atoms with E-state index < -0.39 is 5.97 Å². The third-order valence-electron chi connectivity index (χ3n) is 5.37. The van der Waals surface area contributed by atoms with E-state index in [2.05, 4.69) is 31.1 Å². The molecule has 2 N–H and O–H groups in total. The molecular weight excluding hydrogens is 416 g/mol. The molecule has 0 radical (unpaired) electrons. The molecule has 7 heteroatoms.